The molecule has 0 amide bonds. The Balaban J connectivity index is 2.34. The van der Waals surface area contributed by atoms with Crippen molar-refractivity contribution < 1.29 is 4.48 Å². The summed E-state index contributed by atoms with van der Waals surface area (Å²) in [6.45, 7) is 6.99. The largest absolute Gasteiger partial charge is 0.254 e. The second-order valence-corrected chi connectivity index (χ2v) is 4.53. The topological polar surface area (TPSA) is 12.4 Å². The van der Waals surface area contributed by atoms with E-state index in [0.717, 1.165) is 4.48 Å². The highest BCUT2D eigenvalue weighted by molar-refractivity contribution is 5.50. The zero-order chi connectivity index (χ0) is 11.0. The van der Waals surface area contributed by atoms with Crippen molar-refractivity contribution in [3.8, 4) is 0 Å². The minimum atomic E-state index is 1.00. The summed E-state index contributed by atoms with van der Waals surface area (Å²) in [4.78, 5) is 4.26. The molecule has 0 unspecified atom stereocenters. The number of hydrogen-bond donors (Lipinski definition) is 0. The second kappa shape index (κ2) is 6.78. The van der Waals surface area contributed by atoms with Crippen molar-refractivity contribution in [1.29, 1.82) is 0 Å². The monoisotopic (exact) mass is 209 g/mol. The molecule has 0 aromatic heterocycles. The lowest BCUT2D eigenvalue weighted by Gasteiger charge is -2.27. The minimum Gasteiger partial charge on any atom is -0.254 e. The van der Waals surface area contributed by atoms with Crippen LogP contribution in [0, 0.1) is 0 Å². The summed E-state index contributed by atoms with van der Waals surface area (Å²) in [5.41, 5.74) is 0. The zero-order valence-electron chi connectivity index (χ0n) is 10.3. The normalized spacial score (nSPS) is 17.5. The van der Waals surface area contributed by atoms with Crippen LogP contribution < -0.4 is 0 Å². The molecule has 0 N–H and O–H groups in total. The fraction of sp³-hybridized carbons (Fsp3) is 0.769. The van der Waals surface area contributed by atoms with E-state index in [1.807, 2.05) is 6.20 Å². The van der Waals surface area contributed by atoms with Crippen molar-refractivity contribution in [2.24, 2.45) is 4.99 Å². The minimum absolute atomic E-state index is 1.00. The molecule has 0 radical (unpaired) electrons. The van der Waals surface area contributed by atoms with Gasteiger partial charge in [0, 0.05) is 0 Å². The van der Waals surface area contributed by atoms with Gasteiger partial charge in [0.1, 0.15) is 6.20 Å². The summed E-state index contributed by atoms with van der Waals surface area (Å²) in [6, 6.07) is 0. The molecular weight excluding hydrogens is 184 g/mol. The first-order valence-electron chi connectivity index (χ1n) is 6.41. The molecule has 1 rings (SSSR count). The maximum absolute atomic E-state index is 4.26. The molecule has 0 aromatic rings. The van der Waals surface area contributed by atoms with Crippen LogP contribution in [-0.2, 0) is 0 Å². The van der Waals surface area contributed by atoms with Gasteiger partial charge in [0.25, 0.3) is 0 Å². The summed E-state index contributed by atoms with van der Waals surface area (Å²) in [5, 5.41) is 0. The highest BCUT2D eigenvalue weighted by Crippen LogP contribution is 2.15. The molecule has 0 atom stereocenters. The third-order valence-electron chi connectivity index (χ3n) is 3.10. The molecule has 15 heavy (non-hydrogen) atoms. The van der Waals surface area contributed by atoms with Gasteiger partial charge in [-0.3, -0.25) is 4.48 Å². The molecule has 0 bridgehead atoms. The first kappa shape index (κ1) is 12.4. The number of hydrogen-bond acceptors (Lipinski definition) is 1. The van der Waals surface area contributed by atoms with Gasteiger partial charge in [0.2, 0.25) is 0 Å². The lowest BCUT2D eigenvalue weighted by atomic mass is 10.2. The molecule has 0 spiro atoms. The van der Waals surface area contributed by atoms with Gasteiger partial charge in [0.05, 0.1) is 19.3 Å². The van der Waals surface area contributed by atoms with E-state index in [1.165, 1.54) is 51.6 Å². The van der Waals surface area contributed by atoms with Gasteiger partial charge < -0.3 is 0 Å². The van der Waals surface area contributed by atoms with E-state index in [1.54, 1.807) is 0 Å². The Hall–Kier alpha value is -0.630. The molecule has 2 nitrogen and oxygen atoms in total. The fourth-order valence-corrected chi connectivity index (χ4v) is 2.07. The molecule has 1 heterocycles. The average Bonchev–Trinajstić information content (AvgIpc) is 2.68. The lowest BCUT2D eigenvalue weighted by Crippen LogP contribution is -2.41. The van der Waals surface area contributed by atoms with Crippen LogP contribution in [-0.4, -0.2) is 23.9 Å². The van der Waals surface area contributed by atoms with Gasteiger partial charge in [0.15, 0.2) is 6.34 Å². The van der Waals surface area contributed by atoms with Gasteiger partial charge in [-0.05, 0) is 25.7 Å². The van der Waals surface area contributed by atoms with Crippen LogP contribution >= 0.6 is 0 Å². The van der Waals surface area contributed by atoms with Crippen molar-refractivity contribution in [2.75, 3.05) is 13.1 Å². The maximum atomic E-state index is 4.26. The maximum Gasteiger partial charge on any atom is 0.194 e. The lowest BCUT2D eigenvalue weighted by molar-refractivity contribution is -0.780. The number of quaternary nitrogens is 1. The van der Waals surface area contributed by atoms with E-state index < -0.39 is 0 Å². The number of nitrogens with zero attached hydrogens (tertiary/aromatic N) is 2. The predicted octanol–water partition coefficient (Wildman–Crippen LogP) is 3.70. The quantitative estimate of drug-likeness (QED) is 0.427. The van der Waals surface area contributed by atoms with Crippen LogP contribution in [0.4, 0.5) is 0 Å². The molecule has 1 aliphatic heterocycles. The van der Waals surface area contributed by atoms with E-state index in [-0.39, 0.29) is 0 Å². The smallest absolute Gasteiger partial charge is 0.194 e. The third kappa shape index (κ3) is 4.17. The predicted molar refractivity (Wildman–Crippen MR) is 66.7 cm³/mol. The Morgan fingerprint density at radius 3 is 1.93 bits per heavy atom. The first-order chi connectivity index (χ1) is 7.33. The van der Waals surface area contributed by atoms with Crippen molar-refractivity contribution >= 4 is 6.34 Å². The Morgan fingerprint density at radius 1 is 0.933 bits per heavy atom. The van der Waals surface area contributed by atoms with Crippen molar-refractivity contribution in [3.05, 3.63) is 12.4 Å². The Labute approximate surface area is 94.3 Å². The van der Waals surface area contributed by atoms with E-state index in [9.17, 15) is 0 Å². The van der Waals surface area contributed by atoms with Gasteiger partial charge in [-0.25, -0.2) is 4.99 Å². The second-order valence-electron chi connectivity index (χ2n) is 4.53. The van der Waals surface area contributed by atoms with Crippen molar-refractivity contribution in [2.45, 2.75) is 52.4 Å². The Morgan fingerprint density at radius 2 is 1.53 bits per heavy atom. The van der Waals surface area contributed by atoms with Gasteiger partial charge in [-0.15, -0.1) is 0 Å². The van der Waals surface area contributed by atoms with Crippen molar-refractivity contribution in [3.63, 3.8) is 0 Å². The molecule has 1 aliphatic rings. The zero-order valence-corrected chi connectivity index (χ0v) is 10.3. The molecule has 86 valence electrons. The van der Waals surface area contributed by atoms with Crippen LogP contribution in [0.25, 0.3) is 0 Å². The highest BCUT2D eigenvalue weighted by Gasteiger charge is 2.24. The number of unbranched alkanes of at least 4 members (excludes halogenated alkanes) is 4. The molecule has 0 aliphatic carbocycles. The van der Waals surface area contributed by atoms with Crippen LogP contribution in [0.2, 0.25) is 0 Å². The number of aliphatic imine (C=N–C) groups is 1. The average molecular weight is 209 g/mol. The van der Waals surface area contributed by atoms with Crippen LogP contribution in [0.5, 0.6) is 0 Å². The van der Waals surface area contributed by atoms with E-state index in [0.29, 0.717) is 0 Å². The van der Waals surface area contributed by atoms with E-state index in [2.05, 4.69) is 31.4 Å². The Kier molecular flexibility index (Phi) is 5.62. The van der Waals surface area contributed by atoms with Crippen LogP contribution in [0.1, 0.15) is 52.4 Å². The Bertz CT molecular complexity index is 195. The molecule has 0 saturated carbocycles. The standard InChI is InChI=1S/C13H25N2/c1-3-5-7-10-15(11-8-6-4-2)12-9-14-13-15/h9,12-13H,3-8,10-11H2,1-2H3/q+1. The summed E-state index contributed by atoms with van der Waals surface area (Å²) in [7, 11) is 0. The van der Waals surface area contributed by atoms with E-state index >= 15 is 0 Å². The summed E-state index contributed by atoms with van der Waals surface area (Å²) in [6.07, 6.45) is 14.3. The molecule has 0 saturated heterocycles. The third-order valence-corrected chi connectivity index (χ3v) is 3.10. The SMILES string of the molecule is CCCCC[N+]1(CCCCC)C=CN=C1. The highest BCUT2D eigenvalue weighted by atomic mass is 15.4. The van der Waals surface area contributed by atoms with E-state index in [4.69, 9.17) is 0 Å². The van der Waals surface area contributed by atoms with Crippen molar-refractivity contribution in [1.82, 2.24) is 0 Å². The van der Waals surface area contributed by atoms with Gasteiger partial charge >= 0.3 is 0 Å². The first-order valence-corrected chi connectivity index (χ1v) is 6.41. The summed E-state index contributed by atoms with van der Waals surface area (Å²) < 4.78 is 1.00. The fourth-order valence-electron chi connectivity index (χ4n) is 2.07. The molecule has 0 aromatic carbocycles. The van der Waals surface area contributed by atoms with Crippen LogP contribution in [0.15, 0.2) is 17.4 Å². The summed E-state index contributed by atoms with van der Waals surface area (Å²) >= 11 is 0. The molecule has 2 heteroatoms. The number of rotatable bonds is 8. The van der Waals surface area contributed by atoms with Gasteiger partial charge in [-0.1, -0.05) is 26.7 Å². The van der Waals surface area contributed by atoms with Gasteiger partial charge in [-0.2, -0.15) is 0 Å². The van der Waals surface area contributed by atoms with Crippen LogP contribution in [0.3, 0.4) is 0 Å². The summed E-state index contributed by atoms with van der Waals surface area (Å²) in [5.74, 6) is 0. The molecular formula is C13H25N2+. The molecule has 0 fully saturated rings.